The summed E-state index contributed by atoms with van der Waals surface area (Å²) in [5, 5.41) is 0. The predicted molar refractivity (Wildman–Crippen MR) is 89.8 cm³/mol. The lowest BCUT2D eigenvalue weighted by Gasteiger charge is -2.12. The minimum Gasteiger partial charge on any atom is -0.496 e. The van der Waals surface area contributed by atoms with E-state index in [1.807, 2.05) is 24.3 Å². The van der Waals surface area contributed by atoms with Gasteiger partial charge in [0.25, 0.3) is 0 Å². The molecule has 2 heterocycles. The summed E-state index contributed by atoms with van der Waals surface area (Å²) in [7, 11) is 1.70. The lowest BCUT2D eigenvalue weighted by Crippen LogP contribution is -2.02. The van der Waals surface area contributed by atoms with E-state index in [2.05, 4.69) is 49.6 Å². The van der Waals surface area contributed by atoms with Gasteiger partial charge in [-0.3, -0.25) is 0 Å². The van der Waals surface area contributed by atoms with Crippen LogP contribution in [-0.4, -0.2) is 16.7 Å². The highest BCUT2D eigenvalue weighted by Crippen LogP contribution is 2.30. The van der Waals surface area contributed by atoms with Crippen LogP contribution in [0.5, 0.6) is 5.75 Å². The Hall–Kier alpha value is -2.55. The largest absolute Gasteiger partial charge is 0.496 e. The number of rotatable bonds is 3. The van der Waals surface area contributed by atoms with Crippen LogP contribution in [0.15, 0.2) is 48.5 Å². The number of nitrogens with zero attached hydrogens (tertiary/aromatic N) is 2. The quantitative estimate of drug-likeness (QED) is 0.712. The summed E-state index contributed by atoms with van der Waals surface area (Å²) in [6, 6.07) is 16.5. The molecule has 0 saturated carbocycles. The number of hydrogen-bond donors (Lipinski definition) is 0. The molecule has 3 heteroatoms. The van der Waals surface area contributed by atoms with E-state index < -0.39 is 0 Å². The Balaban J connectivity index is 2.13. The van der Waals surface area contributed by atoms with Crippen LogP contribution in [0, 0.1) is 20.8 Å². The van der Waals surface area contributed by atoms with Gasteiger partial charge >= 0.3 is 0 Å². The van der Waals surface area contributed by atoms with Gasteiger partial charge in [0.15, 0.2) is 0 Å². The van der Waals surface area contributed by atoms with Gasteiger partial charge < -0.3 is 9.30 Å². The number of pyridine rings is 1. The first-order valence-corrected chi connectivity index (χ1v) is 7.37. The molecule has 3 rings (SSSR count). The first-order valence-electron chi connectivity index (χ1n) is 7.37. The minimum atomic E-state index is 0.852. The van der Waals surface area contributed by atoms with Crippen LogP contribution in [0.2, 0.25) is 0 Å². The van der Waals surface area contributed by atoms with Gasteiger partial charge in [0.05, 0.1) is 12.8 Å². The molecular weight excluding hydrogens is 272 g/mol. The van der Waals surface area contributed by atoms with Crippen molar-refractivity contribution >= 4 is 0 Å². The second-order valence-corrected chi connectivity index (χ2v) is 5.54. The Labute approximate surface area is 131 Å². The van der Waals surface area contributed by atoms with E-state index in [9.17, 15) is 0 Å². The third-order valence-corrected chi connectivity index (χ3v) is 3.87. The Kier molecular flexibility index (Phi) is 3.72. The van der Waals surface area contributed by atoms with Crippen LogP contribution in [0.4, 0.5) is 0 Å². The molecule has 0 saturated heterocycles. The normalized spacial score (nSPS) is 10.7. The zero-order valence-electron chi connectivity index (χ0n) is 13.4. The number of benzene rings is 1. The molecule has 0 amide bonds. The first kappa shape index (κ1) is 14.4. The van der Waals surface area contributed by atoms with Gasteiger partial charge in [-0.15, -0.1) is 0 Å². The van der Waals surface area contributed by atoms with Crippen LogP contribution < -0.4 is 4.74 Å². The van der Waals surface area contributed by atoms with E-state index in [-0.39, 0.29) is 0 Å². The molecule has 1 aromatic carbocycles. The van der Waals surface area contributed by atoms with Crippen molar-refractivity contribution in [3.63, 3.8) is 0 Å². The first-order chi connectivity index (χ1) is 10.6. The van der Waals surface area contributed by atoms with Crippen LogP contribution in [0.25, 0.3) is 17.1 Å². The van der Waals surface area contributed by atoms with Gasteiger partial charge in [0, 0.05) is 17.0 Å². The average molecular weight is 292 g/mol. The maximum absolute atomic E-state index is 5.51. The molecule has 0 aliphatic heterocycles. The molecule has 3 nitrogen and oxygen atoms in total. The molecule has 0 unspecified atom stereocenters. The van der Waals surface area contributed by atoms with E-state index in [0.717, 1.165) is 22.8 Å². The second-order valence-electron chi connectivity index (χ2n) is 5.54. The van der Waals surface area contributed by atoms with Crippen molar-refractivity contribution in [3.8, 4) is 22.8 Å². The van der Waals surface area contributed by atoms with Gasteiger partial charge in [0.1, 0.15) is 11.6 Å². The van der Waals surface area contributed by atoms with Crippen molar-refractivity contribution in [1.29, 1.82) is 0 Å². The minimum absolute atomic E-state index is 0.852. The lowest BCUT2D eigenvalue weighted by molar-refractivity contribution is 0.416. The summed E-state index contributed by atoms with van der Waals surface area (Å²) in [5.74, 6) is 1.78. The van der Waals surface area contributed by atoms with Crippen LogP contribution in [0.1, 0.15) is 17.0 Å². The highest BCUT2D eigenvalue weighted by molar-refractivity contribution is 5.68. The third kappa shape index (κ3) is 2.50. The topological polar surface area (TPSA) is 27.1 Å². The van der Waals surface area contributed by atoms with E-state index in [1.165, 1.54) is 17.0 Å². The van der Waals surface area contributed by atoms with Gasteiger partial charge in [-0.25, -0.2) is 4.98 Å². The van der Waals surface area contributed by atoms with Gasteiger partial charge in [-0.05, 0) is 62.7 Å². The molecule has 0 aliphatic rings. The summed E-state index contributed by atoms with van der Waals surface area (Å²) in [6.07, 6.45) is 0. The molecule has 0 atom stereocenters. The molecule has 0 fully saturated rings. The zero-order valence-corrected chi connectivity index (χ0v) is 13.4. The Morgan fingerprint density at radius 2 is 1.64 bits per heavy atom. The maximum Gasteiger partial charge on any atom is 0.137 e. The third-order valence-electron chi connectivity index (χ3n) is 3.87. The summed E-state index contributed by atoms with van der Waals surface area (Å²) >= 11 is 0. The number of aryl methyl sites for hydroxylation is 3. The lowest BCUT2D eigenvalue weighted by atomic mass is 10.1. The summed E-state index contributed by atoms with van der Waals surface area (Å²) in [5.41, 5.74) is 5.46. The summed E-state index contributed by atoms with van der Waals surface area (Å²) in [4.78, 5) is 4.83. The van der Waals surface area contributed by atoms with E-state index in [1.54, 1.807) is 7.11 Å². The molecule has 0 radical (unpaired) electrons. The molecule has 0 spiro atoms. The number of methoxy groups -OCH3 is 1. The Morgan fingerprint density at radius 1 is 0.909 bits per heavy atom. The Bertz CT molecular complexity index is 799. The van der Waals surface area contributed by atoms with Crippen LogP contribution >= 0.6 is 0 Å². The predicted octanol–water partition coefficient (Wildman–Crippen LogP) is 4.47. The molecule has 0 bridgehead atoms. The number of aromatic nitrogens is 2. The molecule has 3 aromatic rings. The smallest absolute Gasteiger partial charge is 0.137 e. The van der Waals surface area contributed by atoms with Crippen molar-refractivity contribution in [2.24, 2.45) is 0 Å². The number of ether oxygens (including phenoxy) is 1. The fraction of sp³-hybridized carbons (Fsp3) is 0.211. The fourth-order valence-electron chi connectivity index (χ4n) is 2.74. The highest BCUT2D eigenvalue weighted by Gasteiger charge is 2.10. The van der Waals surface area contributed by atoms with Crippen LogP contribution in [-0.2, 0) is 0 Å². The Morgan fingerprint density at radius 3 is 2.32 bits per heavy atom. The van der Waals surface area contributed by atoms with Crippen molar-refractivity contribution < 1.29 is 4.74 Å². The van der Waals surface area contributed by atoms with Gasteiger partial charge in [-0.1, -0.05) is 12.1 Å². The molecule has 2 aromatic heterocycles. The highest BCUT2D eigenvalue weighted by atomic mass is 16.5. The van der Waals surface area contributed by atoms with Crippen molar-refractivity contribution in [3.05, 3.63) is 65.5 Å². The molecule has 22 heavy (non-hydrogen) atoms. The van der Waals surface area contributed by atoms with E-state index >= 15 is 0 Å². The van der Waals surface area contributed by atoms with Crippen molar-refractivity contribution in [1.82, 2.24) is 9.55 Å². The molecule has 0 aliphatic carbocycles. The summed E-state index contributed by atoms with van der Waals surface area (Å²) in [6.45, 7) is 6.24. The van der Waals surface area contributed by atoms with Crippen molar-refractivity contribution in [2.45, 2.75) is 20.8 Å². The van der Waals surface area contributed by atoms with E-state index in [0.29, 0.717) is 0 Å². The fourth-order valence-corrected chi connectivity index (χ4v) is 2.74. The summed E-state index contributed by atoms with van der Waals surface area (Å²) < 4.78 is 7.67. The molecule has 0 N–H and O–H groups in total. The standard InChI is InChI=1S/C19H20N2O/c1-13-8-11-16(18(12-13)22-4)17-6-5-7-19(20-17)21-14(2)9-10-15(21)3/h5-12H,1-4H3. The van der Waals surface area contributed by atoms with Gasteiger partial charge in [0.2, 0.25) is 0 Å². The average Bonchev–Trinajstić information content (AvgIpc) is 2.86. The monoisotopic (exact) mass is 292 g/mol. The maximum atomic E-state index is 5.51. The van der Waals surface area contributed by atoms with Crippen molar-refractivity contribution in [2.75, 3.05) is 7.11 Å². The second kappa shape index (κ2) is 5.68. The van der Waals surface area contributed by atoms with Crippen LogP contribution in [0.3, 0.4) is 0 Å². The SMILES string of the molecule is COc1cc(C)ccc1-c1cccc(-n2c(C)ccc2C)n1. The van der Waals surface area contributed by atoms with Gasteiger partial charge in [-0.2, -0.15) is 0 Å². The number of hydrogen-bond acceptors (Lipinski definition) is 2. The molecular formula is C19H20N2O. The molecule has 112 valence electrons. The van der Waals surface area contributed by atoms with E-state index in [4.69, 9.17) is 9.72 Å². The zero-order chi connectivity index (χ0) is 15.7.